The summed E-state index contributed by atoms with van der Waals surface area (Å²) in [6.07, 6.45) is 2.97. The molecule has 2 aliphatic heterocycles. The molecule has 0 unspecified atom stereocenters. The maximum atomic E-state index is 12.9. The molecular formula is C17H28N4O3. The summed E-state index contributed by atoms with van der Waals surface area (Å²) in [4.78, 5) is 17.2. The third-order valence-corrected chi connectivity index (χ3v) is 5.16. The molecule has 2 saturated heterocycles. The lowest BCUT2D eigenvalue weighted by atomic mass is 9.78. The number of aromatic nitrogens is 2. The van der Waals surface area contributed by atoms with E-state index in [4.69, 9.17) is 9.15 Å². The third kappa shape index (κ3) is 3.47. The molecule has 1 aromatic heterocycles. The lowest BCUT2D eigenvalue weighted by molar-refractivity contribution is -0.146. The van der Waals surface area contributed by atoms with Gasteiger partial charge in [0, 0.05) is 32.7 Å². The van der Waals surface area contributed by atoms with Crippen LogP contribution < -0.4 is 0 Å². The number of likely N-dealkylation sites (tertiary alicyclic amines) is 2. The topological polar surface area (TPSA) is 71.7 Å². The number of hydrogen-bond donors (Lipinski definition) is 0. The molecule has 0 bridgehead atoms. The van der Waals surface area contributed by atoms with Crippen LogP contribution in [0.25, 0.3) is 0 Å². The van der Waals surface area contributed by atoms with Gasteiger partial charge in [0.15, 0.2) is 0 Å². The smallest absolute Gasteiger partial charge is 0.230 e. The molecule has 0 aromatic carbocycles. The number of nitrogens with zero attached hydrogens (tertiary/aromatic N) is 4. The molecule has 3 heterocycles. The Balaban J connectivity index is 1.61. The molecule has 2 fully saturated rings. The van der Waals surface area contributed by atoms with E-state index in [1.807, 2.05) is 18.7 Å². The summed E-state index contributed by atoms with van der Waals surface area (Å²) in [5.41, 5.74) is -0.229. The molecule has 3 rings (SSSR count). The van der Waals surface area contributed by atoms with E-state index in [1.54, 1.807) is 7.11 Å². The van der Waals surface area contributed by atoms with Crippen LogP contribution in [-0.4, -0.2) is 65.8 Å². The van der Waals surface area contributed by atoms with E-state index in [-0.39, 0.29) is 11.3 Å². The van der Waals surface area contributed by atoms with Crippen LogP contribution in [0, 0.1) is 5.41 Å². The van der Waals surface area contributed by atoms with Crippen LogP contribution in [0.2, 0.25) is 0 Å². The molecule has 7 heteroatoms. The summed E-state index contributed by atoms with van der Waals surface area (Å²) >= 11 is 0. The normalized spacial score (nSPS) is 25.3. The Morgan fingerprint density at radius 2 is 2.12 bits per heavy atom. The zero-order chi connectivity index (χ0) is 17.2. The molecule has 0 radical (unpaired) electrons. The maximum absolute atomic E-state index is 12.9. The summed E-state index contributed by atoms with van der Waals surface area (Å²) < 4.78 is 10.8. The molecule has 134 valence electrons. The predicted octanol–water partition coefficient (Wildman–Crippen LogP) is 1.65. The molecule has 1 atom stereocenters. The molecular weight excluding hydrogens is 308 g/mol. The van der Waals surface area contributed by atoms with Gasteiger partial charge in [0.25, 0.3) is 0 Å². The minimum absolute atomic E-state index is 0.229. The van der Waals surface area contributed by atoms with Gasteiger partial charge in [0.05, 0.1) is 18.6 Å². The third-order valence-electron chi connectivity index (χ3n) is 5.16. The number of carbonyl (C=O) groups is 1. The Hall–Kier alpha value is -1.47. The quantitative estimate of drug-likeness (QED) is 0.787. The van der Waals surface area contributed by atoms with E-state index in [9.17, 15) is 4.79 Å². The largest absolute Gasteiger partial charge is 0.424 e. The van der Waals surface area contributed by atoms with Crippen molar-refractivity contribution in [3.63, 3.8) is 0 Å². The second-order valence-corrected chi connectivity index (χ2v) is 7.32. The minimum atomic E-state index is -0.229. The first-order valence-corrected chi connectivity index (χ1v) is 8.87. The van der Waals surface area contributed by atoms with E-state index < -0.39 is 0 Å². The van der Waals surface area contributed by atoms with Crippen molar-refractivity contribution in [1.82, 2.24) is 20.0 Å². The van der Waals surface area contributed by atoms with Gasteiger partial charge in [-0.15, -0.1) is 10.2 Å². The highest BCUT2D eigenvalue weighted by Crippen LogP contribution is 2.40. The van der Waals surface area contributed by atoms with Crippen molar-refractivity contribution < 1.29 is 13.9 Å². The summed E-state index contributed by atoms with van der Waals surface area (Å²) in [5, 5.41) is 8.23. The fraction of sp³-hybridized carbons (Fsp3) is 0.824. The molecule has 7 nitrogen and oxygen atoms in total. The number of piperidine rings is 1. The van der Waals surface area contributed by atoms with E-state index in [1.165, 1.54) is 0 Å². The van der Waals surface area contributed by atoms with Crippen LogP contribution in [0.3, 0.4) is 0 Å². The predicted molar refractivity (Wildman–Crippen MR) is 88.4 cm³/mol. The molecule has 2 aliphatic rings. The zero-order valence-electron chi connectivity index (χ0n) is 15.0. The van der Waals surface area contributed by atoms with Gasteiger partial charge in [-0.05, 0) is 25.8 Å². The van der Waals surface area contributed by atoms with E-state index in [0.29, 0.717) is 37.4 Å². The lowest BCUT2D eigenvalue weighted by Gasteiger charge is -2.39. The fourth-order valence-corrected chi connectivity index (χ4v) is 3.79. The van der Waals surface area contributed by atoms with Crippen LogP contribution in [0.15, 0.2) is 4.42 Å². The number of ether oxygens (including phenoxy) is 1. The molecule has 1 spiro atoms. The van der Waals surface area contributed by atoms with Crippen molar-refractivity contribution >= 4 is 5.91 Å². The van der Waals surface area contributed by atoms with Gasteiger partial charge in [0.2, 0.25) is 17.7 Å². The average molecular weight is 336 g/mol. The molecule has 1 amide bonds. The van der Waals surface area contributed by atoms with Gasteiger partial charge in [-0.3, -0.25) is 9.69 Å². The first kappa shape index (κ1) is 17.4. The molecule has 0 saturated carbocycles. The minimum Gasteiger partial charge on any atom is -0.424 e. The lowest BCUT2D eigenvalue weighted by Crippen LogP contribution is -2.50. The van der Waals surface area contributed by atoms with Gasteiger partial charge >= 0.3 is 0 Å². The monoisotopic (exact) mass is 336 g/mol. The number of amides is 1. The maximum Gasteiger partial charge on any atom is 0.230 e. The van der Waals surface area contributed by atoms with Crippen molar-refractivity contribution in [2.24, 2.45) is 5.41 Å². The van der Waals surface area contributed by atoms with E-state index in [2.05, 4.69) is 15.1 Å². The van der Waals surface area contributed by atoms with Gasteiger partial charge in [-0.1, -0.05) is 13.8 Å². The molecule has 24 heavy (non-hydrogen) atoms. The van der Waals surface area contributed by atoms with E-state index in [0.717, 1.165) is 38.9 Å². The Morgan fingerprint density at radius 3 is 2.83 bits per heavy atom. The summed E-state index contributed by atoms with van der Waals surface area (Å²) in [6, 6.07) is 0. The number of carbonyl (C=O) groups excluding carboxylic acids is 1. The van der Waals surface area contributed by atoms with Gasteiger partial charge < -0.3 is 14.1 Å². The van der Waals surface area contributed by atoms with Gasteiger partial charge in [0.1, 0.15) is 0 Å². The highest BCUT2D eigenvalue weighted by molar-refractivity contribution is 5.84. The second-order valence-electron chi connectivity index (χ2n) is 7.32. The Kier molecular flexibility index (Phi) is 5.20. The SMILES string of the molecule is COCCN1CCC[C@]2(CCN(Cc3nnc(C(C)C)o3)C2)C1=O. The number of hydrogen-bond acceptors (Lipinski definition) is 6. The molecule has 0 N–H and O–H groups in total. The summed E-state index contributed by atoms with van der Waals surface area (Å²) in [6.45, 7) is 8.55. The van der Waals surface area contributed by atoms with Crippen molar-refractivity contribution in [1.29, 1.82) is 0 Å². The Bertz CT molecular complexity index is 574. The van der Waals surface area contributed by atoms with Crippen LogP contribution in [0.1, 0.15) is 50.8 Å². The standard InChI is InChI=1S/C17H28N4O3/c1-13(2)15-19-18-14(24-15)11-20-8-6-17(12-20)5-4-7-21(16(17)22)9-10-23-3/h13H,4-12H2,1-3H3/t17-/m1/s1. The fourth-order valence-electron chi connectivity index (χ4n) is 3.79. The van der Waals surface area contributed by atoms with Gasteiger partial charge in [-0.2, -0.15) is 0 Å². The van der Waals surface area contributed by atoms with Crippen molar-refractivity contribution in [3.8, 4) is 0 Å². The zero-order valence-corrected chi connectivity index (χ0v) is 15.0. The first-order chi connectivity index (χ1) is 11.5. The first-order valence-electron chi connectivity index (χ1n) is 8.87. The Labute approximate surface area is 143 Å². The molecule has 0 aliphatic carbocycles. The summed E-state index contributed by atoms with van der Waals surface area (Å²) in [7, 11) is 1.68. The van der Waals surface area contributed by atoms with Crippen LogP contribution in [0.4, 0.5) is 0 Å². The van der Waals surface area contributed by atoms with Crippen LogP contribution >= 0.6 is 0 Å². The van der Waals surface area contributed by atoms with Crippen LogP contribution in [0.5, 0.6) is 0 Å². The average Bonchev–Trinajstić information content (AvgIpc) is 3.18. The number of rotatable bonds is 6. The molecule has 1 aromatic rings. The van der Waals surface area contributed by atoms with Crippen LogP contribution in [-0.2, 0) is 16.1 Å². The van der Waals surface area contributed by atoms with Crippen molar-refractivity contribution in [2.75, 3.05) is 39.9 Å². The van der Waals surface area contributed by atoms with Gasteiger partial charge in [-0.25, -0.2) is 0 Å². The van der Waals surface area contributed by atoms with Crippen molar-refractivity contribution in [2.45, 2.75) is 45.6 Å². The number of methoxy groups -OCH3 is 1. The summed E-state index contributed by atoms with van der Waals surface area (Å²) in [5.74, 6) is 1.86. The van der Waals surface area contributed by atoms with Crippen molar-refractivity contribution in [3.05, 3.63) is 11.8 Å². The Morgan fingerprint density at radius 1 is 1.29 bits per heavy atom. The second kappa shape index (κ2) is 7.19. The highest BCUT2D eigenvalue weighted by atomic mass is 16.5. The highest BCUT2D eigenvalue weighted by Gasteiger charge is 2.48. The van der Waals surface area contributed by atoms with E-state index >= 15 is 0 Å².